The van der Waals surface area contributed by atoms with E-state index in [2.05, 4.69) is 15.5 Å². The number of rotatable bonds is 7. The fourth-order valence-electron chi connectivity index (χ4n) is 2.26. The van der Waals surface area contributed by atoms with Crippen LogP contribution in [0.15, 0.2) is 40.6 Å². The smallest absolute Gasteiger partial charge is 0.258 e. The van der Waals surface area contributed by atoms with Gasteiger partial charge in [-0.25, -0.2) is 0 Å². The average Bonchev–Trinajstić information content (AvgIpc) is 2.64. The first-order valence-corrected chi connectivity index (χ1v) is 8.92. The van der Waals surface area contributed by atoms with E-state index in [-0.39, 0.29) is 10.7 Å². The molecule has 1 amide bonds. The van der Waals surface area contributed by atoms with E-state index in [0.717, 1.165) is 5.56 Å². The van der Waals surface area contributed by atoms with Gasteiger partial charge >= 0.3 is 0 Å². The molecular weight excluding hydrogens is 405 g/mol. The lowest BCUT2D eigenvalue weighted by Crippen LogP contribution is -2.32. The number of methoxy groups -OCH3 is 2. The standard InChI is InChI=1S/C19H19Cl2N3O4/c1-10-5-6-14(13(20)7-10)23-24-18(11(2)25)19(26)22-15-8-12(27-3)9-16(28-4)17(15)21/h5-9,18H,1-4H3,(H,22,26). The molecule has 0 fully saturated rings. The van der Waals surface area contributed by atoms with Crippen LogP contribution < -0.4 is 14.8 Å². The highest BCUT2D eigenvalue weighted by molar-refractivity contribution is 6.35. The van der Waals surface area contributed by atoms with E-state index in [1.807, 2.05) is 6.92 Å². The van der Waals surface area contributed by atoms with Crippen LogP contribution in [-0.2, 0) is 9.59 Å². The van der Waals surface area contributed by atoms with Gasteiger partial charge in [0, 0.05) is 12.1 Å². The van der Waals surface area contributed by atoms with E-state index >= 15 is 0 Å². The second kappa shape index (κ2) is 9.52. The Balaban J connectivity index is 2.29. The number of azo groups is 1. The molecule has 0 spiro atoms. The Morgan fingerprint density at radius 3 is 2.39 bits per heavy atom. The summed E-state index contributed by atoms with van der Waals surface area (Å²) in [7, 11) is 2.90. The summed E-state index contributed by atoms with van der Waals surface area (Å²) >= 11 is 12.3. The summed E-state index contributed by atoms with van der Waals surface area (Å²) in [6.07, 6.45) is 0. The Kier molecular flexibility index (Phi) is 7.37. The molecule has 7 nitrogen and oxygen atoms in total. The van der Waals surface area contributed by atoms with Crippen molar-refractivity contribution in [3.63, 3.8) is 0 Å². The number of hydrogen-bond acceptors (Lipinski definition) is 6. The van der Waals surface area contributed by atoms with E-state index < -0.39 is 17.7 Å². The van der Waals surface area contributed by atoms with Crippen molar-refractivity contribution < 1.29 is 19.1 Å². The molecule has 2 rings (SSSR count). The number of benzene rings is 2. The van der Waals surface area contributed by atoms with Crippen LogP contribution in [0.3, 0.4) is 0 Å². The van der Waals surface area contributed by atoms with Gasteiger partial charge < -0.3 is 14.8 Å². The van der Waals surface area contributed by atoms with Gasteiger partial charge in [0.25, 0.3) is 5.91 Å². The maximum Gasteiger partial charge on any atom is 0.258 e. The molecule has 0 heterocycles. The lowest BCUT2D eigenvalue weighted by molar-refractivity contribution is -0.126. The quantitative estimate of drug-likeness (QED) is 0.501. The number of ether oxygens (including phenoxy) is 2. The fraction of sp³-hybridized carbons (Fsp3) is 0.263. The fourth-order valence-corrected chi connectivity index (χ4v) is 2.77. The van der Waals surface area contributed by atoms with Gasteiger partial charge in [-0.3, -0.25) is 9.59 Å². The number of ketones is 1. The molecule has 1 N–H and O–H groups in total. The van der Waals surface area contributed by atoms with Crippen molar-refractivity contribution in [2.75, 3.05) is 19.5 Å². The van der Waals surface area contributed by atoms with Gasteiger partial charge in [0.15, 0.2) is 5.78 Å². The largest absolute Gasteiger partial charge is 0.497 e. The van der Waals surface area contributed by atoms with E-state index in [1.54, 1.807) is 24.3 Å². The molecule has 28 heavy (non-hydrogen) atoms. The molecule has 0 aliphatic heterocycles. The molecule has 0 bridgehead atoms. The third kappa shape index (κ3) is 5.21. The summed E-state index contributed by atoms with van der Waals surface area (Å²) in [4.78, 5) is 24.5. The Labute approximate surface area is 172 Å². The number of Topliss-reactive ketones (excluding diaryl/α,β-unsaturated/α-hetero) is 1. The Morgan fingerprint density at radius 2 is 1.82 bits per heavy atom. The van der Waals surface area contributed by atoms with Gasteiger partial charge in [0.05, 0.1) is 24.9 Å². The summed E-state index contributed by atoms with van der Waals surface area (Å²) in [6.45, 7) is 3.12. The van der Waals surface area contributed by atoms with Gasteiger partial charge in [0.2, 0.25) is 6.04 Å². The van der Waals surface area contributed by atoms with Crippen LogP contribution in [0.5, 0.6) is 11.5 Å². The van der Waals surface area contributed by atoms with E-state index in [0.29, 0.717) is 22.2 Å². The zero-order valence-electron chi connectivity index (χ0n) is 15.7. The van der Waals surface area contributed by atoms with Crippen LogP contribution in [0, 0.1) is 6.92 Å². The van der Waals surface area contributed by atoms with Crippen LogP contribution in [0.4, 0.5) is 11.4 Å². The molecule has 0 radical (unpaired) electrons. The van der Waals surface area contributed by atoms with Gasteiger partial charge in [0.1, 0.15) is 22.2 Å². The first-order valence-electron chi connectivity index (χ1n) is 8.16. The second-order valence-corrected chi connectivity index (χ2v) is 6.65. The SMILES string of the molecule is COc1cc(NC(=O)C(N=Nc2ccc(C)cc2Cl)C(C)=O)c(Cl)c(OC)c1. The van der Waals surface area contributed by atoms with Crippen molar-refractivity contribution in [2.45, 2.75) is 19.9 Å². The molecule has 2 aromatic rings. The predicted molar refractivity (Wildman–Crippen MR) is 108 cm³/mol. The number of nitrogens with zero attached hydrogens (tertiary/aromatic N) is 2. The highest BCUT2D eigenvalue weighted by atomic mass is 35.5. The van der Waals surface area contributed by atoms with Crippen molar-refractivity contribution in [3.8, 4) is 11.5 Å². The molecule has 148 valence electrons. The maximum atomic E-state index is 12.6. The van der Waals surface area contributed by atoms with Crippen molar-refractivity contribution in [1.82, 2.24) is 0 Å². The van der Waals surface area contributed by atoms with Crippen LogP contribution >= 0.6 is 23.2 Å². The molecule has 2 aromatic carbocycles. The van der Waals surface area contributed by atoms with Gasteiger partial charge in [-0.2, -0.15) is 10.2 Å². The minimum Gasteiger partial charge on any atom is -0.497 e. The van der Waals surface area contributed by atoms with Crippen molar-refractivity contribution >= 4 is 46.3 Å². The van der Waals surface area contributed by atoms with E-state index in [1.165, 1.54) is 27.2 Å². The van der Waals surface area contributed by atoms with Crippen LogP contribution in [-0.4, -0.2) is 32.0 Å². The summed E-state index contributed by atoms with van der Waals surface area (Å²) < 4.78 is 10.3. The van der Waals surface area contributed by atoms with Crippen LogP contribution in [0.2, 0.25) is 10.0 Å². The minimum atomic E-state index is -1.37. The lowest BCUT2D eigenvalue weighted by Gasteiger charge is -2.14. The number of aryl methyl sites for hydroxylation is 1. The third-order valence-corrected chi connectivity index (χ3v) is 4.44. The Hall–Kier alpha value is -2.64. The molecule has 1 unspecified atom stereocenters. The molecular formula is C19H19Cl2N3O4. The predicted octanol–water partition coefficient (Wildman–Crippen LogP) is 5.00. The molecule has 0 saturated carbocycles. The molecule has 9 heteroatoms. The van der Waals surface area contributed by atoms with Crippen LogP contribution in [0.1, 0.15) is 12.5 Å². The van der Waals surface area contributed by atoms with Crippen molar-refractivity contribution in [2.24, 2.45) is 10.2 Å². The highest BCUT2D eigenvalue weighted by Gasteiger charge is 2.25. The van der Waals surface area contributed by atoms with Crippen molar-refractivity contribution in [1.29, 1.82) is 0 Å². The summed E-state index contributed by atoms with van der Waals surface area (Å²) in [5, 5.41) is 10.9. The maximum absolute atomic E-state index is 12.6. The average molecular weight is 424 g/mol. The lowest BCUT2D eigenvalue weighted by atomic mass is 10.2. The number of anilines is 1. The topological polar surface area (TPSA) is 89.4 Å². The zero-order valence-corrected chi connectivity index (χ0v) is 17.3. The van der Waals surface area contributed by atoms with Gasteiger partial charge in [-0.05, 0) is 31.5 Å². The monoisotopic (exact) mass is 423 g/mol. The Morgan fingerprint density at radius 1 is 1.11 bits per heavy atom. The number of amides is 1. The first-order chi connectivity index (χ1) is 13.3. The van der Waals surface area contributed by atoms with Gasteiger partial charge in [-0.15, -0.1) is 0 Å². The number of carbonyl (C=O) groups excluding carboxylic acids is 2. The minimum absolute atomic E-state index is 0.164. The first kappa shape index (κ1) is 21.7. The number of carbonyl (C=O) groups is 2. The Bertz CT molecular complexity index is 932. The summed E-state index contributed by atoms with van der Waals surface area (Å²) in [6, 6.07) is 6.87. The van der Waals surface area contributed by atoms with Gasteiger partial charge in [-0.1, -0.05) is 29.3 Å². The molecule has 0 aromatic heterocycles. The number of hydrogen-bond donors (Lipinski definition) is 1. The highest BCUT2D eigenvalue weighted by Crippen LogP contribution is 2.36. The van der Waals surface area contributed by atoms with Crippen molar-refractivity contribution in [3.05, 3.63) is 45.9 Å². The molecule has 0 aliphatic carbocycles. The summed E-state index contributed by atoms with van der Waals surface area (Å²) in [5.41, 5.74) is 1.52. The molecule has 1 atom stereocenters. The normalized spacial score (nSPS) is 11.9. The second-order valence-electron chi connectivity index (χ2n) is 5.86. The molecule has 0 saturated heterocycles. The number of halogens is 2. The number of nitrogens with one attached hydrogen (secondary N) is 1. The third-order valence-electron chi connectivity index (χ3n) is 3.74. The molecule has 0 aliphatic rings. The van der Waals surface area contributed by atoms with Crippen LogP contribution in [0.25, 0.3) is 0 Å². The van der Waals surface area contributed by atoms with E-state index in [4.69, 9.17) is 32.7 Å². The summed E-state index contributed by atoms with van der Waals surface area (Å²) in [5.74, 6) is -0.458. The van der Waals surface area contributed by atoms with E-state index in [9.17, 15) is 9.59 Å². The zero-order chi connectivity index (χ0) is 20.8.